The second-order valence-electron chi connectivity index (χ2n) is 5.05. The SMILES string of the molecule is CC(C)[C@@H](CO)NCC(O)COc1cccc(C#N)c1. The van der Waals surface area contributed by atoms with Crippen LogP contribution in [0.1, 0.15) is 19.4 Å². The smallest absolute Gasteiger partial charge is 0.120 e. The summed E-state index contributed by atoms with van der Waals surface area (Å²) in [5.74, 6) is 0.853. The van der Waals surface area contributed by atoms with Crippen LogP contribution in [-0.4, -0.2) is 42.1 Å². The van der Waals surface area contributed by atoms with Crippen molar-refractivity contribution >= 4 is 0 Å². The molecule has 0 saturated heterocycles. The summed E-state index contributed by atoms with van der Waals surface area (Å²) >= 11 is 0. The van der Waals surface area contributed by atoms with Gasteiger partial charge >= 0.3 is 0 Å². The molecular weight excluding hydrogens is 256 g/mol. The van der Waals surface area contributed by atoms with Crippen LogP contribution in [0.3, 0.4) is 0 Å². The maximum Gasteiger partial charge on any atom is 0.120 e. The Labute approximate surface area is 119 Å². The Hall–Kier alpha value is -1.61. The van der Waals surface area contributed by atoms with E-state index in [1.54, 1.807) is 24.3 Å². The summed E-state index contributed by atoms with van der Waals surface area (Å²) in [6, 6.07) is 8.80. The fraction of sp³-hybridized carbons (Fsp3) is 0.533. The van der Waals surface area contributed by atoms with Crippen LogP contribution >= 0.6 is 0 Å². The summed E-state index contributed by atoms with van der Waals surface area (Å²) in [6.45, 7) is 4.53. The molecule has 110 valence electrons. The van der Waals surface area contributed by atoms with E-state index in [0.29, 0.717) is 23.8 Å². The molecule has 1 rings (SSSR count). The summed E-state index contributed by atoms with van der Waals surface area (Å²) in [4.78, 5) is 0. The Kier molecular flexibility index (Phi) is 7.02. The molecule has 0 aliphatic rings. The minimum Gasteiger partial charge on any atom is -0.491 e. The van der Waals surface area contributed by atoms with E-state index in [-0.39, 0.29) is 19.3 Å². The summed E-state index contributed by atoms with van der Waals surface area (Å²) in [5.41, 5.74) is 0.523. The molecule has 0 aliphatic carbocycles. The monoisotopic (exact) mass is 278 g/mol. The predicted molar refractivity (Wildman–Crippen MR) is 76.4 cm³/mol. The molecule has 0 fully saturated rings. The van der Waals surface area contributed by atoms with Gasteiger partial charge in [-0.25, -0.2) is 0 Å². The van der Waals surface area contributed by atoms with E-state index in [9.17, 15) is 5.11 Å². The molecule has 0 aliphatic heterocycles. The second-order valence-corrected chi connectivity index (χ2v) is 5.05. The molecule has 1 aromatic carbocycles. The van der Waals surface area contributed by atoms with Gasteiger partial charge in [0.15, 0.2) is 0 Å². The highest BCUT2D eigenvalue weighted by molar-refractivity contribution is 5.36. The molecule has 1 unspecified atom stereocenters. The van der Waals surface area contributed by atoms with Crippen molar-refractivity contribution in [3.05, 3.63) is 29.8 Å². The third-order valence-electron chi connectivity index (χ3n) is 3.02. The summed E-state index contributed by atoms with van der Waals surface area (Å²) < 4.78 is 5.43. The molecule has 20 heavy (non-hydrogen) atoms. The van der Waals surface area contributed by atoms with E-state index in [4.69, 9.17) is 15.1 Å². The van der Waals surface area contributed by atoms with Crippen molar-refractivity contribution in [2.75, 3.05) is 19.8 Å². The highest BCUT2D eigenvalue weighted by Gasteiger charge is 2.13. The Morgan fingerprint density at radius 1 is 1.40 bits per heavy atom. The van der Waals surface area contributed by atoms with Crippen molar-refractivity contribution < 1.29 is 14.9 Å². The number of nitrogens with zero attached hydrogens (tertiary/aromatic N) is 1. The first kappa shape index (κ1) is 16.4. The third kappa shape index (κ3) is 5.57. The van der Waals surface area contributed by atoms with Gasteiger partial charge in [-0.1, -0.05) is 19.9 Å². The van der Waals surface area contributed by atoms with Gasteiger partial charge in [0.05, 0.1) is 18.2 Å². The van der Waals surface area contributed by atoms with Crippen LogP contribution in [0, 0.1) is 17.2 Å². The lowest BCUT2D eigenvalue weighted by Crippen LogP contribution is -2.42. The Bertz CT molecular complexity index is 443. The van der Waals surface area contributed by atoms with Gasteiger partial charge in [-0.15, -0.1) is 0 Å². The van der Waals surface area contributed by atoms with Gasteiger partial charge in [0.2, 0.25) is 0 Å². The van der Waals surface area contributed by atoms with Crippen LogP contribution < -0.4 is 10.1 Å². The number of hydrogen-bond donors (Lipinski definition) is 3. The molecule has 3 N–H and O–H groups in total. The number of aliphatic hydroxyl groups is 2. The van der Waals surface area contributed by atoms with E-state index in [2.05, 4.69) is 5.32 Å². The first-order valence-corrected chi connectivity index (χ1v) is 6.72. The molecule has 0 aromatic heterocycles. The van der Waals surface area contributed by atoms with Crippen molar-refractivity contribution in [3.8, 4) is 11.8 Å². The maximum absolute atomic E-state index is 9.83. The molecule has 0 bridgehead atoms. The predicted octanol–water partition coefficient (Wildman–Crippen LogP) is 0.904. The topological polar surface area (TPSA) is 85.5 Å². The molecular formula is C15H22N2O3. The molecule has 0 heterocycles. The van der Waals surface area contributed by atoms with E-state index in [1.165, 1.54) is 0 Å². The lowest BCUT2D eigenvalue weighted by Gasteiger charge is -2.22. The quantitative estimate of drug-likeness (QED) is 0.658. The van der Waals surface area contributed by atoms with Gasteiger partial charge in [0, 0.05) is 12.6 Å². The zero-order chi connectivity index (χ0) is 15.0. The Morgan fingerprint density at radius 2 is 2.15 bits per heavy atom. The average molecular weight is 278 g/mol. The molecule has 5 nitrogen and oxygen atoms in total. The summed E-state index contributed by atoms with van der Waals surface area (Å²) in [5, 5.41) is 30.9. The van der Waals surface area contributed by atoms with Gasteiger partial charge in [0.25, 0.3) is 0 Å². The van der Waals surface area contributed by atoms with E-state index >= 15 is 0 Å². The van der Waals surface area contributed by atoms with E-state index < -0.39 is 6.10 Å². The van der Waals surface area contributed by atoms with Crippen LogP contribution in [0.5, 0.6) is 5.75 Å². The third-order valence-corrected chi connectivity index (χ3v) is 3.02. The molecule has 0 saturated carbocycles. The zero-order valence-corrected chi connectivity index (χ0v) is 11.9. The van der Waals surface area contributed by atoms with E-state index in [1.807, 2.05) is 19.9 Å². The number of aliphatic hydroxyl groups excluding tert-OH is 2. The largest absolute Gasteiger partial charge is 0.491 e. The molecule has 5 heteroatoms. The van der Waals surface area contributed by atoms with Crippen molar-refractivity contribution in [2.24, 2.45) is 5.92 Å². The van der Waals surface area contributed by atoms with Crippen molar-refractivity contribution in [3.63, 3.8) is 0 Å². The van der Waals surface area contributed by atoms with Crippen molar-refractivity contribution in [1.29, 1.82) is 5.26 Å². The molecule has 0 radical (unpaired) electrons. The number of ether oxygens (including phenoxy) is 1. The number of benzene rings is 1. The Morgan fingerprint density at radius 3 is 2.75 bits per heavy atom. The van der Waals surface area contributed by atoms with E-state index in [0.717, 1.165) is 0 Å². The maximum atomic E-state index is 9.83. The zero-order valence-electron chi connectivity index (χ0n) is 11.9. The highest BCUT2D eigenvalue weighted by atomic mass is 16.5. The molecule has 2 atom stereocenters. The van der Waals surface area contributed by atoms with Gasteiger partial charge in [-0.2, -0.15) is 5.26 Å². The number of hydrogen-bond acceptors (Lipinski definition) is 5. The van der Waals surface area contributed by atoms with Crippen LogP contribution in [0.15, 0.2) is 24.3 Å². The fourth-order valence-electron chi connectivity index (χ4n) is 1.71. The van der Waals surface area contributed by atoms with Crippen molar-refractivity contribution in [2.45, 2.75) is 26.0 Å². The Balaban J connectivity index is 2.36. The first-order valence-electron chi connectivity index (χ1n) is 6.72. The second kappa shape index (κ2) is 8.54. The molecule has 0 amide bonds. The van der Waals surface area contributed by atoms with Crippen LogP contribution in [0.2, 0.25) is 0 Å². The lowest BCUT2D eigenvalue weighted by atomic mass is 10.1. The van der Waals surface area contributed by atoms with Gasteiger partial charge in [-0.3, -0.25) is 0 Å². The van der Waals surface area contributed by atoms with Gasteiger partial charge in [-0.05, 0) is 24.1 Å². The molecule has 0 spiro atoms. The summed E-state index contributed by atoms with van der Waals surface area (Å²) in [7, 11) is 0. The molecule has 1 aromatic rings. The highest BCUT2D eigenvalue weighted by Crippen LogP contribution is 2.12. The van der Waals surface area contributed by atoms with Crippen LogP contribution in [0.4, 0.5) is 0 Å². The lowest BCUT2D eigenvalue weighted by molar-refractivity contribution is 0.0961. The fourth-order valence-corrected chi connectivity index (χ4v) is 1.71. The first-order chi connectivity index (χ1) is 9.56. The number of nitrogens with one attached hydrogen (secondary N) is 1. The van der Waals surface area contributed by atoms with Crippen molar-refractivity contribution in [1.82, 2.24) is 5.32 Å². The minimum atomic E-state index is -0.673. The van der Waals surface area contributed by atoms with Gasteiger partial charge < -0.3 is 20.3 Å². The minimum absolute atomic E-state index is 0.0356. The van der Waals surface area contributed by atoms with Crippen LogP contribution in [0.25, 0.3) is 0 Å². The number of rotatable bonds is 8. The van der Waals surface area contributed by atoms with Gasteiger partial charge in [0.1, 0.15) is 18.5 Å². The number of nitriles is 1. The average Bonchev–Trinajstić information content (AvgIpc) is 2.45. The van der Waals surface area contributed by atoms with Crippen LogP contribution in [-0.2, 0) is 0 Å². The summed E-state index contributed by atoms with van der Waals surface area (Å²) in [6.07, 6.45) is -0.673. The standard InChI is InChI=1S/C15H22N2O3/c1-11(2)15(9-18)17-8-13(19)10-20-14-5-3-4-12(6-14)7-16/h3-6,11,13,15,17-19H,8-10H2,1-2H3/t13?,15-/m1/s1. The normalized spacial score (nSPS) is 13.8.